The second-order valence-corrected chi connectivity index (χ2v) is 8.28. The molecule has 0 aliphatic heterocycles. The summed E-state index contributed by atoms with van der Waals surface area (Å²) in [7, 11) is 0. The maximum Gasteiger partial charge on any atom is 0.256 e. The summed E-state index contributed by atoms with van der Waals surface area (Å²) in [5.41, 5.74) is 2.51. The van der Waals surface area contributed by atoms with Gasteiger partial charge in [0.2, 0.25) is 0 Å². The molecule has 4 aromatic rings. The summed E-state index contributed by atoms with van der Waals surface area (Å²) in [5.74, 6) is 0.574. The zero-order chi connectivity index (χ0) is 19.3. The largest absolute Gasteiger partial charge is 0.494 e. The number of unbranched alkanes of at least 4 members (excludes halogenated alkanes) is 1. The average Bonchev–Trinajstić information content (AvgIpc) is 3.34. The lowest BCUT2D eigenvalue weighted by Crippen LogP contribution is -2.11. The number of para-hydroxylation sites is 1. The summed E-state index contributed by atoms with van der Waals surface area (Å²) >= 11 is 3.13. The van der Waals surface area contributed by atoms with Crippen molar-refractivity contribution >= 4 is 43.8 Å². The Hall–Kier alpha value is -2.70. The van der Waals surface area contributed by atoms with Crippen LogP contribution in [0.2, 0.25) is 0 Å². The van der Waals surface area contributed by atoms with Gasteiger partial charge in [-0.3, -0.25) is 4.79 Å². The van der Waals surface area contributed by atoms with Crippen LogP contribution in [0.3, 0.4) is 0 Å². The second-order valence-electron chi connectivity index (χ2n) is 6.33. The van der Waals surface area contributed by atoms with Crippen LogP contribution in [0.25, 0.3) is 20.8 Å². The standard InChI is InChI=1S/C22H20N2O2S2/c1-2-3-12-26-16-8-6-7-15(14-16)20(25)24-21-17(11-13-27-21)22-23-18-9-4-5-10-19(18)28-22/h4-11,13-14H,2-3,12H2,1H3,(H,24,25). The van der Waals surface area contributed by atoms with E-state index in [-0.39, 0.29) is 5.91 Å². The molecule has 2 aromatic heterocycles. The number of amides is 1. The molecule has 0 bridgehead atoms. The third kappa shape index (κ3) is 4.08. The summed E-state index contributed by atoms with van der Waals surface area (Å²) in [6, 6.07) is 17.4. The van der Waals surface area contributed by atoms with Crippen molar-refractivity contribution in [2.45, 2.75) is 19.8 Å². The molecule has 4 nitrogen and oxygen atoms in total. The molecule has 28 heavy (non-hydrogen) atoms. The van der Waals surface area contributed by atoms with Crippen molar-refractivity contribution in [1.29, 1.82) is 0 Å². The molecule has 0 aliphatic rings. The highest BCUT2D eigenvalue weighted by Crippen LogP contribution is 2.37. The van der Waals surface area contributed by atoms with Gasteiger partial charge in [-0.15, -0.1) is 22.7 Å². The van der Waals surface area contributed by atoms with Gasteiger partial charge < -0.3 is 10.1 Å². The van der Waals surface area contributed by atoms with E-state index in [1.807, 2.05) is 41.8 Å². The van der Waals surface area contributed by atoms with Crippen LogP contribution in [0.15, 0.2) is 60.0 Å². The number of aromatic nitrogens is 1. The van der Waals surface area contributed by atoms with Gasteiger partial charge in [0.15, 0.2) is 0 Å². The molecule has 0 aliphatic carbocycles. The van der Waals surface area contributed by atoms with Crippen LogP contribution in [0, 0.1) is 0 Å². The summed E-state index contributed by atoms with van der Waals surface area (Å²) in [5, 5.41) is 6.73. The van der Waals surface area contributed by atoms with Gasteiger partial charge in [-0.1, -0.05) is 31.5 Å². The number of fused-ring (bicyclic) bond motifs is 1. The van der Waals surface area contributed by atoms with Gasteiger partial charge in [0, 0.05) is 11.1 Å². The molecule has 0 spiro atoms. The number of carbonyl (C=O) groups is 1. The van der Waals surface area contributed by atoms with Crippen LogP contribution in [-0.2, 0) is 0 Å². The fraction of sp³-hybridized carbons (Fsp3) is 0.182. The molecular formula is C22H20N2O2S2. The fourth-order valence-electron chi connectivity index (χ4n) is 2.80. The van der Waals surface area contributed by atoms with Crippen LogP contribution in [-0.4, -0.2) is 17.5 Å². The third-order valence-corrected chi connectivity index (χ3v) is 6.18. The van der Waals surface area contributed by atoms with Gasteiger partial charge in [0.25, 0.3) is 5.91 Å². The maximum absolute atomic E-state index is 12.8. The molecule has 1 amide bonds. The topological polar surface area (TPSA) is 51.2 Å². The van der Waals surface area contributed by atoms with E-state index in [1.165, 1.54) is 11.3 Å². The van der Waals surface area contributed by atoms with Crippen molar-refractivity contribution in [1.82, 2.24) is 4.98 Å². The highest BCUT2D eigenvalue weighted by molar-refractivity contribution is 7.22. The first kappa shape index (κ1) is 18.7. The Morgan fingerprint density at radius 3 is 2.89 bits per heavy atom. The van der Waals surface area contributed by atoms with E-state index in [2.05, 4.69) is 18.3 Å². The molecule has 142 valence electrons. The van der Waals surface area contributed by atoms with Gasteiger partial charge in [-0.25, -0.2) is 4.98 Å². The lowest BCUT2D eigenvalue weighted by Gasteiger charge is -2.08. The number of rotatable bonds is 7. The Balaban J connectivity index is 1.53. The molecule has 2 heterocycles. The Bertz CT molecular complexity index is 1070. The van der Waals surface area contributed by atoms with Crippen molar-refractivity contribution in [2.24, 2.45) is 0 Å². The number of carbonyl (C=O) groups excluding carboxylic acids is 1. The maximum atomic E-state index is 12.8. The molecule has 4 rings (SSSR count). The SMILES string of the molecule is CCCCOc1cccc(C(=O)Nc2sccc2-c2nc3ccccc3s2)c1. The van der Waals surface area contributed by atoms with Gasteiger partial charge in [0.05, 0.1) is 16.8 Å². The molecule has 2 aromatic carbocycles. The first-order chi connectivity index (χ1) is 13.7. The van der Waals surface area contributed by atoms with Crippen molar-refractivity contribution in [2.75, 3.05) is 11.9 Å². The smallest absolute Gasteiger partial charge is 0.256 e. The van der Waals surface area contributed by atoms with Gasteiger partial charge >= 0.3 is 0 Å². The van der Waals surface area contributed by atoms with E-state index < -0.39 is 0 Å². The minimum absolute atomic E-state index is 0.147. The Labute approximate surface area is 171 Å². The van der Waals surface area contributed by atoms with Crippen molar-refractivity contribution in [3.05, 3.63) is 65.5 Å². The monoisotopic (exact) mass is 408 g/mol. The highest BCUT2D eigenvalue weighted by Gasteiger charge is 2.15. The summed E-state index contributed by atoms with van der Waals surface area (Å²) in [6.07, 6.45) is 2.07. The minimum atomic E-state index is -0.147. The van der Waals surface area contributed by atoms with Crippen molar-refractivity contribution in [3.8, 4) is 16.3 Å². The zero-order valence-electron chi connectivity index (χ0n) is 15.5. The number of ether oxygens (including phenoxy) is 1. The van der Waals surface area contributed by atoms with E-state index in [4.69, 9.17) is 9.72 Å². The number of benzene rings is 2. The molecule has 0 atom stereocenters. The van der Waals surface area contributed by atoms with Gasteiger partial charge in [-0.2, -0.15) is 0 Å². The number of anilines is 1. The van der Waals surface area contributed by atoms with E-state index in [1.54, 1.807) is 23.5 Å². The predicted octanol–water partition coefficient (Wildman–Crippen LogP) is 6.46. The number of nitrogens with zero attached hydrogens (tertiary/aromatic N) is 1. The van der Waals surface area contributed by atoms with E-state index in [0.29, 0.717) is 12.2 Å². The van der Waals surface area contributed by atoms with Crippen molar-refractivity contribution < 1.29 is 9.53 Å². The zero-order valence-corrected chi connectivity index (χ0v) is 17.1. The predicted molar refractivity (Wildman–Crippen MR) is 118 cm³/mol. The molecule has 0 fully saturated rings. The highest BCUT2D eigenvalue weighted by atomic mass is 32.1. The molecule has 0 radical (unpaired) electrons. The number of nitrogens with one attached hydrogen (secondary N) is 1. The number of hydrogen-bond acceptors (Lipinski definition) is 5. The summed E-state index contributed by atoms with van der Waals surface area (Å²) in [6.45, 7) is 2.78. The normalized spacial score (nSPS) is 10.9. The third-order valence-electron chi connectivity index (χ3n) is 4.28. The lowest BCUT2D eigenvalue weighted by molar-refractivity contribution is 0.102. The fourth-order valence-corrected chi connectivity index (χ4v) is 4.64. The first-order valence-electron chi connectivity index (χ1n) is 9.22. The molecule has 0 unspecified atom stereocenters. The van der Waals surface area contributed by atoms with E-state index in [9.17, 15) is 4.79 Å². The molecule has 1 N–H and O–H groups in total. The van der Waals surface area contributed by atoms with Crippen LogP contribution >= 0.6 is 22.7 Å². The van der Waals surface area contributed by atoms with Crippen LogP contribution in [0.4, 0.5) is 5.00 Å². The lowest BCUT2D eigenvalue weighted by atomic mass is 10.2. The summed E-state index contributed by atoms with van der Waals surface area (Å²) < 4.78 is 6.85. The van der Waals surface area contributed by atoms with Crippen LogP contribution < -0.4 is 10.1 Å². The Morgan fingerprint density at radius 2 is 2.04 bits per heavy atom. The van der Waals surface area contributed by atoms with Crippen molar-refractivity contribution in [3.63, 3.8) is 0 Å². The Kier molecular flexibility index (Phi) is 5.69. The van der Waals surface area contributed by atoms with E-state index >= 15 is 0 Å². The minimum Gasteiger partial charge on any atom is -0.494 e. The average molecular weight is 409 g/mol. The number of thiophene rings is 1. The number of thiazole rings is 1. The molecule has 6 heteroatoms. The number of hydrogen-bond donors (Lipinski definition) is 1. The summed E-state index contributed by atoms with van der Waals surface area (Å²) in [4.78, 5) is 17.5. The van der Waals surface area contributed by atoms with Crippen LogP contribution in [0.5, 0.6) is 5.75 Å². The van der Waals surface area contributed by atoms with Crippen LogP contribution in [0.1, 0.15) is 30.1 Å². The van der Waals surface area contributed by atoms with Gasteiger partial charge in [-0.05, 0) is 48.2 Å². The van der Waals surface area contributed by atoms with E-state index in [0.717, 1.165) is 44.4 Å². The first-order valence-corrected chi connectivity index (χ1v) is 10.9. The Morgan fingerprint density at radius 1 is 1.14 bits per heavy atom. The molecule has 0 saturated carbocycles. The second kappa shape index (κ2) is 8.54. The van der Waals surface area contributed by atoms with Gasteiger partial charge in [0.1, 0.15) is 15.8 Å². The molecule has 0 saturated heterocycles. The quantitative estimate of drug-likeness (QED) is 0.357. The molecular weight excluding hydrogens is 388 g/mol.